The summed E-state index contributed by atoms with van der Waals surface area (Å²) >= 11 is 0. The fourth-order valence-electron chi connectivity index (χ4n) is 1.51. The van der Waals surface area contributed by atoms with Crippen LogP contribution in [0.15, 0.2) is 12.2 Å². The number of unbranched alkanes of at least 4 members (excludes halogenated alkanes) is 1. The van der Waals surface area contributed by atoms with E-state index in [1.807, 2.05) is 12.4 Å². The maximum atomic E-state index is 11.4. The molecule has 4 amide bonds. The minimum atomic E-state index is -0.763. The Hall–Kier alpha value is -2.42. The first-order valence-corrected chi connectivity index (χ1v) is 6.89. The van der Waals surface area contributed by atoms with Crippen molar-refractivity contribution in [3.05, 3.63) is 12.2 Å². The van der Waals surface area contributed by atoms with Gasteiger partial charge in [-0.15, -0.1) is 0 Å². The average molecular weight is 313 g/mol. The van der Waals surface area contributed by atoms with Gasteiger partial charge in [-0.2, -0.15) is 5.48 Å². The van der Waals surface area contributed by atoms with Gasteiger partial charge in [0, 0.05) is 25.2 Å². The molecule has 0 atom stereocenters. The number of ether oxygens (including phenoxy) is 1. The van der Waals surface area contributed by atoms with E-state index in [-0.39, 0.29) is 19.7 Å². The van der Waals surface area contributed by atoms with Crippen LogP contribution in [-0.4, -0.2) is 55.0 Å². The molecule has 9 nitrogen and oxygen atoms in total. The third-order valence-corrected chi connectivity index (χ3v) is 2.65. The lowest BCUT2D eigenvalue weighted by molar-refractivity contribution is -0.137. The van der Waals surface area contributed by atoms with Gasteiger partial charge in [0.15, 0.2) is 6.61 Å². The molecule has 1 heterocycles. The van der Waals surface area contributed by atoms with Crippen molar-refractivity contribution in [3.63, 3.8) is 0 Å². The molecule has 9 heteroatoms. The van der Waals surface area contributed by atoms with Gasteiger partial charge in [-0.3, -0.25) is 24.1 Å². The lowest BCUT2D eigenvalue weighted by Gasteiger charge is -2.14. The molecule has 1 aliphatic heterocycles. The van der Waals surface area contributed by atoms with Gasteiger partial charge in [-0.25, -0.2) is 4.79 Å². The summed E-state index contributed by atoms with van der Waals surface area (Å²) in [5.74, 6) is -1.32. The van der Waals surface area contributed by atoms with Crippen molar-refractivity contribution in [2.75, 3.05) is 26.3 Å². The molecule has 2 N–H and O–H groups in total. The smallest absolute Gasteiger partial charge is 0.431 e. The SMILES string of the molecule is CCCCOC(=O)NOCC(=O)NCCN1C(=O)C=CC1=O. The normalized spacial score (nSPS) is 13.4. The number of amides is 4. The highest BCUT2D eigenvalue weighted by atomic mass is 16.7. The minimum Gasteiger partial charge on any atom is -0.448 e. The molecule has 0 saturated carbocycles. The quantitative estimate of drug-likeness (QED) is 0.336. The van der Waals surface area contributed by atoms with E-state index < -0.39 is 30.4 Å². The zero-order valence-corrected chi connectivity index (χ0v) is 12.3. The molecule has 1 rings (SSSR count). The van der Waals surface area contributed by atoms with E-state index in [0.29, 0.717) is 0 Å². The Balaban J connectivity index is 2.05. The van der Waals surface area contributed by atoms with Crippen LogP contribution in [0, 0.1) is 0 Å². The number of hydroxylamine groups is 1. The van der Waals surface area contributed by atoms with Crippen LogP contribution in [-0.2, 0) is 24.0 Å². The topological polar surface area (TPSA) is 114 Å². The van der Waals surface area contributed by atoms with Crippen molar-refractivity contribution in [1.82, 2.24) is 15.7 Å². The van der Waals surface area contributed by atoms with Crippen molar-refractivity contribution in [2.24, 2.45) is 0 Å². The summed E-state index contributed by atoms with van der Waals surface area (Å²) in [7, 11) is 0. The van der Waals surface area contributed by atoms with Crippen molar-refractivity contribution in [1.29, 1.82) is 0 Å². The molecular formula is C13H19N3O6. The summed E-state index contributed by atoms with van der Waals surface area (Å²) in [5.41, 5.74) is 1.97. The first-order chi connectivity index (χ1) is 10.5. The van der Waals surface area contributed by atoms with Crippen molar-refractivity contribution >= 4 is 23.8 Å². The second-order valence-electron chi connectivity index (χ2n) is 4.39. The Morgan fingerprint density at radius 1 is 1.23 bits per heavy atom. The van der Waals surface area contributed by atoms with Crippen LogP contribution in [0.3, 0.4) is 0 Å². The van der Waals surface area contributed by atoms with E-state index in [0.717, 1.165) is 17.7 Å². The standard InChI is InChI=1S/C13H19N3O6/c1-2-3-8-21-13(20)15-22-9-10(17)14-6-7-16-11(18)4-5-12(16)19/h4-5H,2-3,6-9H2,1H3,(H,14,17)(H,15,20). The highest BCUT2D eigenvalue weighted by molar-refractivity contribution is 6.12. The minimum absolute atomic E-state index is 0.0723. The van der Waals surface area contributed by atoms with Crippen molar-refractivity contribution in [2.45, 2.75) is 19.8 Å². The second-order valence-corrected chi connectivity index (χ2v) is 4.39. The fourth-order valence-corrected chi connectivity index (χ4v) is 1.51. The fraction of sp³-hybridized carbons (Fsp3) is 0.538. The van der Waals surface area contributed by atoms with Gasteiger partial charge in [0.1, 0.15) is 0 Å². The maximum absolute atomic E-state index is 11.4. The molecule has 22 heavy (non-hydrogen) atoms. The molecule has 0 spiro atoms. The highest BCUT2D eigenvalue weighted by Gasteiger charge is 2.22. The average Bonchev–Trinajstić information content (AvgIpc) is 2.79. The molecule has 0 aromatic carbocycles. The zero-order chi connectivity index (χ0) is 16.4. The van der Waals surface area contributed by atoms with Gasteiger partial charge in [0.2, 0.25) is 5.91 Å². The molecule has 122 valence electrons. The van der Waals surface area contributed by atoms with E-state index >= 15 is 0 Å². The number of nitrogens with one attached hydrogen (secondary N) is 2. The van der Waals surface area contributed by atoms with E-state index in [4.69, 9.17) is 4.74 Å². The molecule has 0 aromatic rings. The van der Waals surface area contributed by atoms with Gasteiger partial charge in [0.25, 0.3) is 11.8 Å². The third-order valence-electron chi connectivity index (χ3n) is 2.65. The lowest BCUT2D eigenvalue weighted by atomic mass is 10.4. The zero-order valence-electron chi connectivity index (χ0n) is 12.3. The van der Waals surface area contributed by atoms with E-state index in [2.05, 4.69) is 10.2 Å². The second kappa shape index (κ2) is 9.50. The van der Waals surface area contributed by atoms with Crippen LogP contribution in [0.2, 0.25) is 0 Å². The summed E-state index contributed by atoms with van der Waals surface area (Å²) in [6.45, 7) is 2.01. The van der Waals surface area contributed by atoms with E-state index in [9.17, 15) is 19.2 Å². The molecule has 0 fully saturated rings. The van der Waals surface area contributed by atoms with Crippen LogP contribution in [0.25, 0.3) is 0 Å². The summed E-state index contributed by atoms with van der Waals surface area (Å²) in [4.78, 5) is 50.6. The van der Waals surface area contributed by atoms with Crippen molar-refractivity contribution in [3.8, 4) is 0 Å². The highest BCUT2D eigenvalue weighted by Crippen LogP contribution is 2.01. The number of rotatable bonds is 9. The van der Waals surface area contributed by atoms with E-state index in [1.54, 1.807) is 0 Å². The first-order valence-electron chi connectivity index (χ1n) is 6.89. The van der Waals surface area contributed by atoms with Crippen LogP contribution >= 0.6 is 0 Å². The van der Waals surface area contributed by atoms with Crippen LogP contribution in [0.4, 0.5) is 4.79 Å². The number of nitrogens with zero attached hydrogens (tertiary/aromatic N) is 1. The Morgan fingerprint density at radius 2 is 1.91 bits per heavy atom. The Kier molecular flexibility index (Phi) is 7.62. The van der Waals surface area contributed by atoms with E-state index in [1.165, 1.54) is 12.2 Å². The number of hydrogen-bond acceptors (Lipinski definition) is 6. The predicted octanol–water partition coefficient (Wildman–Crippen LogP) is -0.514. The third kappa shape index (κ3) is 6.35. The molecule has 1 aliphatic rings. The van der Waals surface area contributed by atoms with Gasteiger partial charge >= 0.3 is 6.09 Å². The van der Waals surface area contributed by atoms with Crippen LogP contribution in [0.5, 0.6) is 0 Å². The van der Waals surface area contributed by atoms with Crippen LogP contribution < -0.4 is 10.8 Å². The summed E-state index contributed by atoms with van der Waals surface area (Å²) < 4.78 is 4.74. The summed E-state index contributed by atoms with van der Waals surface area (Å²) in [6, 6.07) is 0. The first kappa shape index (κ1) is 17.6. The monoisotopic (exact) mass is 313 g/mol. The predicted molar refractivity (Wildman–Crippen MR) is 74.2 cm³/mol. The molecule has 0 aromatic heterocycles. The maximum Gasteiger partial charge on any atom is 0.431 e. The Morgan fingerprint density at radius 3 is 2.55 bits per heavy atom. The molecule has 0 radical (unpaired) electrons. The molecule has 0 unspecified atom stereocenters. The van der Waals surface area contributed by atoms with Gasteiger partial charge in [-0.05, 0) is 6.42 Å². The number of carbonyl (C=O) groups is 4. The largest absolute Gasteiger partial charge is 0.448 e. The number of imide groups is 1. The lowest BCUT2D eigenvalue weighted by Crippen LogP contribution is -2.40. The molecule has 0 bridgehead atoms. The van der Waals surface area contributed by atoms with Crippen LogP contribution in [0.1, 0.15) is 19.8 Å². The van der Waals surface area contributed by atoms with Gasteiger partial charge < -0.3 is 10.1 Å². The number of carbonyl (C=O) groups excluding carboxylic acids is 4. The number of hydrogen-bond donors (Lipinski definition) is 2. The van der Waals surface area contributed by atoms with Gasteiger partial charge in [-0.1, -0.05) is 13.3 Å². The Bertz CT molecular complexity index is 445. The van der Waals surface area contributed by atoms with Crippen molar-refractivity contribution < 1.29 is 28.8 Å². The molecule has 0 aliphatic carbocycles. The Labute approximate surface area is 127 Å². The molecular weight excluding hydrogens is 294 g/mol. The molecule has 0 saturated heterocycles. The van der Waals surface area contributed by atoms with Gasteiger partial charge in [0.05, 0.1) is 6.61 Å². The summed E-state index contributed by atoms with van der Waals surface area (Å²) in [5, 5.41) is 2.45. The summed E-state index contributed by atoms with van der Waals surface area (Å²) in [6.07, 6.45) is 3.22.